The molecule has 0 saturated heterocycles. The molecule has 0 atom stereocenters. The van der Waals surface area contributed by atoms with E-state index in [0.29, 0.717) is 24.1 Å². The summed E-state index contributed by atoms with van der Waals surface area (Å²) in [5, 5.41) is 3.07. The third-order valence-corrected chi connectivity index (χ3v) is 4.98. The van der Waals surface area contributed by atoms with Gasteiger partial charge in [-0.1, -0.05) is 29.8 Å². The first kappa shape index (κ1) is 22.2. The van der Waals surface area contributed by atoms with Crippen molar-refractivity contribution >= 4 is 35.3 Å². The van der Waals surface area contributed by atoms with Gasteiger partial charge in [0, 0.05) is 35.9 Å². The molecule has 8 heteroatoms. The van der Waals surface area contributed by atoms with Crippen molar-refractivity contribution < 1.29 is 13.9 Å². The van der Waals surface area contributed by atoms with Crippen molar-refractivity contribution in [2.45, 2.75) is 6.92 Å². The van der Waals surface area contributed by atoms with E-state index >= 15 is 0 Å². The number of benzene rings is 2. The number of halogens is 2. The van der Waals surface area contributed by atoms with E-state index in [-0.39, 0.29) is 5.02 Å². The Balaban J connectivity index is 1.69. The second-order valence-electron chi connectivity index (χ2n) is 6.99. The molecule has 0 fully saturated rings. The van der Waals surface area contributed by atoms with Gasteiger partial charge < -0.3 is 14.6 Å². The summed E-state index contributed by atoms with van der Waals surface area (Å²) in [5.74, 6) is 0.0970. The molecular weight excluding hydrogens is 443 g/mol. The molecule has 0 aliphatic rings. The van der Waals surface area contributed by atoms with Crippen LogP contribution in [0.1, 0.15) is 12.5 Å². The number of ether oxygens (including phenoxy) is 1. The molecule has 33 heavy (non-hydrogen) atoms. The Morgan fingerprint density at radius 1 is 1.18 bits per heavy atom. The summed E-state index contributed by atoms with van der Waals surface area (Å²) in [4.78, 5) is 20.8. The predicted octanol–water partition coefficient (Wildman–Crippen LogP) is 6.05. The maximum atomic E-state index is 13.5. The van der Waals surface area contributed by atoms with Gasteiger partial charge in [-0.3, -0.25) is 0 Å². The predicted molar refractivity (Wildman–Crippen MR) is 127 cm³/mol. The molecule has 1 N–H and O–H groups in total. The number of nitrogens with zero attached hydrogens (tertiary/aromatic N) is 3. The minimum absolute atomic E-state index is 0.00920. The third kappa shape index (κ3) is 5.45. The normalized spacial score (nSPS) is 11.0. The molecule has 6 nitrogen and oxygen atoms in total. The average Bonchev–Trinajstić information content (AvgIpc) is 3.35. The van der Waals surface area contributed by atoms with E-state index in [1.54, 1.807) is 25.3 Å². The van der Waals surface area contributed by atoms with Crippen molar-refractivity contribution in [3.63, 3.8) is 0 Å². The van der Waals surface area contributed by atoms with Gasteiger partial charge in [0.1, 0.15) is 11.6 Å². The summed E-state index contributed by atoms with van der Waals surface area (Å²) in [6.07, 6.45) is 8.58. The first-order chi connectivity index (χ1) is 16.0. The third-order valence-electron chi connectivity index (χ3n) is 4.69. The van der Waals surface area contributed by atoms with Crippen LogP contribution in [0.4, 0.5) is 16.0 Å². The summed E-state index contributed by atoms with van der Waals surface area (Å²) in [6.45, 7) is 2.09. The molecule has 0 bridgehead atoms. The number of carbonyl (C=O) groups excluding carboxylic acids is 1. The van der Waals surface area contributed by atoms with Crippen LogP contribution >= 0.6 is 11.6 Å². The lowest BCUT2D eigenvalue weighted by molar-refractivity contribution is -0.137. The van der Waals surface area contributed by atoms with Gasteiger partial charge in [0.15, 0.2) is 0 Å². The Hall–Kier alpha value is -3.97. The number of anilines is 2. The van der Waals surface area contributed by atoms with Gasteiger partial charge in [-0.15, -0.1) is 0 Å². The lowest BCUT2D eigenvalue weighted by atomic mass is 10.0. The van der Waals surface area contributed by atoms with Crippen molar-refractivity contribution in [2.24, 2.45) is 0 Å². The molecule has 166 valence electrons. The molecule has 2 aromatic heterocycles. The summed E-state index contributed by atoms with van der Waals surface area (Å²) < 4.78 is 20.3. The zero-order valence-corrected chi connectivity index (χ0v) is 18.5. The molecule has 0 aliphatic heterocycles. The van der Waals surface area contributed by atoms with E-state index < -0.39 is 11.8 Å². The maximum absolute atomic E-state index is 13.5. The van der Waals surface area contributed by atoms with Crippen LogP contribution in [-0.4, -0.2) is 27.1 Å². The van der Waals surface area contributed by atoms with Crippen molar-refractivity contribution in [1.82, 2.24) is 14.5 Å². The van der Waals surface area contributed by atoms with Gasteiger partial charge in [-0.05, 0) is 60.5 Å². The second kappa shape index (κ2) is 10.1. The highest BCUT2D eigenvalue weighted by Gasteiger charge is 2.12. The maximum Gasteiger partial charge on any atom is 0.330 e. The van der Waals surface area contributed by atoms with E-state index in [0.717, 1.165) is 16.7 Å². The zero-order valence-electron chi connectivity index (χ0n) is 17.7. The second-order valence-corrected chi connectivity index (χ2v) is 7.39. The van der Waals surface area contributed by atoms with Crippen molar-refractivity contribution in [3.8, 4) is 16.9 Å². The van der Waals surface area contributed by atoms with Crippen LogP contribution in [-0.2, 0) is 9.53 Å². The van der Waals surface area contributed by atoms with Crippen LogP contribution < -0.4 is 5.32 Å². The summed E-state index contributed by atoms with van der Waals surface area (Å²) >= 11 is 5.88. The van der Waals surface area contributed by atoms with Gasteiger partial charge in [-0.2, -0.15) is 4.98 Å². The Kier molecular flexibility index (Phi) is 6.80. The minimum atomic E-state index is -0.497. The lowest BCUT2D eigenvalue weighted by Crippen LogP contribution is -2.04. The largest absolute Gasteiger partial charge is 0.463 e. The Morgan fingerprint density at radius 3 is 2.76 bits per heavy atom. The smallest absolute Gasteiger partial charge is 0.330 e. The fourth-order valence-electron chi connectivity index (χ4n) is 3.18. The highest BCUT2D eigenvalue weighted by molar-refractivity contribution is 6.31. The molecule has 2 aromatic carbocycles. The highest BCUT2D eigenvalue weighted by atomic mass is 35.5. The van der Waals surface area contributed by atoms with Crippen molar-refractivity contribution in [3.05, 3.63) is 95.7 Å². The molecule has 0 saturated carbocycles. The molecule has 0 radical (unpaired) electrons. The molecule has 0 spiro atoms. The summed E-state index contributed by atoms with van der Waals surface area (Å²) in [7, 11) is 0. The number of hydrogen-bond acceptors (Lipinski definition) is 5. The fraction of sp³-hybridized carbons (Fsp3) is 0.0800. The molecule has 4 rings (SSSR count). The topological polar surface area (TPSA) is 69.0 Å². The summed E-state index contributed by atoms with van der Waals surface area (Å²) in [5.41, 5.74) is 3.07. The number of nitrogens with one attached hydrogen (secondary N) is 1. The van der Waals surface area contributed by atoms with Crippen LogP contribution in [0.2, 0.25) is 5.02 Å². The SMILES string of the molecule is CCOC(=O)C=Cc1cccc(-c2cnc(Nc3ccc(F)c(Cl)c3)nc2-n2cccc2)c1. The molecule has 0 aliphatic carbocycles. The molecule has 2 heterocycles. The zero-order chi connectivity index (χ0) is 23.2. The van der Waals surface area contributed by atoms with E-state index in [1.165, 1.54) is 18.2 Å². The van der Waals surface area contributed by atoms with Gasteiger partial charge in [0.25, 0.3) is 0 Å². The number of hydrogen-bond donors (Lipinski definition) is 1. The number of rotatable bonds is 7. The quantitative estimate of drug-likeness (QED) is 0.267. The lowest BCUT2D eigenvalue weighted by Gasteiger charge is -2.13. The van der Waals surface area contributed by atoms with Crippen LogP contribution in [0.15, 0.2) is 79.3 Å². The van der Waals surface area contributed by atoms with Crippen LogP contribution in [0.25, 0.3) is 23.0 Å². The van der Waals surface area contributed by atoms with Crippen molar-refractivity contribution in [1.29, 1.82) is 0 Å². The first-order valence-electron chi connectivity index (χ1n) is 10.2. The van der Waals surface area contributed by atoms with Gasteiger partial charge in [0.05, 0.1) is 11.6 Å². The molecular formula is C25H20ClFN4O2. The van der Waals surface area contributed by atoms with Crippen molar-refractivity contribution in [2.75, 3.05) is 11.9 Å². The monoisotopic (exact) mass is 462 g/mol. The highest BCUT2D eigenvalue weighted by Crippen LogP contribution is 2.28. The standard InChI is InChI=1S/C25H20ClFN4O2/c1-2-33-23(32)11-8-17-6-5-7-18(14-17)20-16-28-25(30-24(20)31-12-3-4-13-31)29-19-9-10-22(27)21(26)15-19/h3-16H,2H2,1H3,(H,28,29,30). The first-order valence-corrected chi connectivity index (χ1v) is 10.6. The Labute approximate surface area is 195 Å². The van der Waals surface area contributed by atoms with E-state index in [1.807, 2.05) is 53.4 Å². The molecule has 0 unspecified atom stereocenters. The van der Waals surface area contributed by atoms with E-state index in [2.05, 4.69) is 15.3 Å². The van der Waals surface area contributed by atoms with E-state index in [9.17, 15) is 9.18 Å². The summed E-state index contributed by atoms with van der Waals surface area (Å²) in [6, 6.07) is 15.8. The minimum Gasteiger partial charge on any atom is -0.463 e. The molecule has 0 amide bonds. The number of carbonyl (C=O) groups is 1. The van der Waals surface area contributed by atoms with Crippen LogP contribution in [0.3, 0.4) is 0 Å². The molecule has 4 aromatic rings. The van der Waals surface area contributed by atoms with Gasteiger partial charge in [-0.25, -0.2) is 14.2 Å². The fourth-order valence-corrected chi connectivity index (χ4v) is 3.36. The number of esters is 1. The number of aromatic nitrogens is 3. The van der Waals surface area contributed by atoms with Gasteiger partial charge >= 0.3 is 5.97 Å². The Morgan fingerprint density at radius 2 is 2.00 bits per heavy atom. The average molecular weight is 463 g/mol. The van der Waals surface area contributed by atoms with Gasteiger partial charge in [0.2, 0.25) is 5.95 Å². The van der Waals surface area contributed by atoms with Crippen LogP contribution in [0.5, 0.6) is 0 Å². The van der Waals surface area contributed by atoms with Crippen LogP contribution in [0, 0.1) is 5.82 Å². The Bertz CT molecular complexity index is 1310. The van der Waals surface area contributed by atoms with E-state index in [4.69, 9.17) is 16.3 Å².